The Morgan fingerprint density at radius 3 is 2.40 bits per heavy atom. The van der Waals surface area contributed by atoms with Crippen molar-refractivity contribution in [2.45, 2.75) is 45.5 Å². The molecule has 0 radical (unpaired) electrons. The molecule has 0 aliphatic heterocycles. The summed E-state index contributed by atoms with van der Waals surface area (Å²) in [6.07, 6.45) is 3.03. The molecule has 114 valence electrons. The maximum atomic E-state index is 7.91. The summed E-state index contributed by atoms with van der Waals surface area (Å²) in [4.78, 5) is 2.68. The Labute approximate surface area is 127 Å². The minimum atomic E-state index is -2.46. The lowest BCUT2D eigenvalue weighted by atomic mass is 10.8. The molecule has 1 rings (SSSR count). The van der Waals surface area contributed by atoms with Gasteiger partial charge in [-0.25, -0.2) is 0 Å². The summed E-state index contributed by atoms with van der Waals surface area (Å²) < 4.78 is 27.0. The van der Waals surface area contributed by atoms with Crippen LogP contribution in [-0.2, 0) is 6.17 Å². The maximum absolute atomic E-state index is 7.91. The highest BCUT2D eigenvalue weighted by atomic mass is 28.3. The first kappa shape index (κ1) is 13.7. The molecular formula is C11H26N6OSi2. The second-order valence-electron chi connectivity index (χ2n) is 6.87. The molecule has 0 saturated heterocycles. The molecular weight excluding hydrogens is 288 g/mol. The van der Waals surface area contributed by atoms with Gasteiger partial charge in [0.2, 0.25) is 0 Å². The smallest absolute Gasteiger partial charge is 0.253 e. The summed E-state index contributed by atoms with van der Waals surface area (Å²) >= 11 is 0. The van der Waals surface area contributed by atoms with Crippen LogP contribution in [0.25, 0.3) is 10.4 Å². The standard InChI is InChI=1S/C7H15N3OSi.C4H11N3Si/c1-11-7-5-10(9-8-7)6-12(2,3)4;1-8(2,3)4-6-7-5/h5H,6H2,1-4H3;4H2,1-3H3/i1D3;. The number of rotatable bonds is 5. The zero-order valence-corrected chi connectivity index (χ0v) is 15.1. The highest BCUT2D eigenvalue weighted by Crippen LogP contribution is 2.07. The van der Waals surface area contributed by atoms with Gasteiger partial charge >= 0.3 is 0 Å². The first-order valence-electron chi connectivity index (χ1n) is 7.82. The first-order valence-corrected chi connectivity index (χ1v) is 13.7. The van der Waals surface area contributed by atoms with Gasteiger partial charge in [0, 0.05) is 17.2 Å². The molecule has 9 heteroatoms. The minimum Gasteiger partial charge on any atom is -0.479 e. The lowest BCUT2D eigenvalue weighted by Gasteiger charge is -2.14. The molecule has 0 amide bonds. The largest absolute Gasteiger partial charge is 0.479 e. The molecule has 0 unspecified atom stereocenters. The number of azide groups is 1. The van der Waals surface area contributed by atoms with Crippen LogP contribution in [0.1, 0.15) is 4.11 Å². The van der Waals surface area contributed by atoms with Gasteiger partial charge in [0.25, 0.3) is 5.88 Å². The van der Waals surface area contributed by atoms with Crippen molar-refractivity contribution >= 4 is 16.1 Å². The summed E-state index contributed by atoms with van der Waals surface area (Å²) in [5.41, 5.74) is 7.91. The van der Waals surface area contributed by atoms with Crippen molar-refractivity contribution in [2.75, 3.05) is 13.2 Å². The predicted molar refractivity (Wildman–Crippen MR) is 87.3 cm³/mol. The minimum absolute atomic E-state index is 0.0493. The SMILES string of the molecule is C[Si](C)(C)CN=[N+]=[N-].[2H]C([2H])([2H])Oc1cn(C[Si](C)(C)C)nn1. The molecule has 7 nitrogen and oxygen atoms in total. The van der Waals surface area contributed by atoms with Gasteiger partial charge in [-0.05, 0) is 5.53 Å². The first-order chi connectivity index (χ1) is 10.2. The van der Waals surface area contributed by atoms with E-state index >= 15 is 0 Å². The molecule has 0 fully saturated rings. The molecule has 0 aliphatic rings. The number of ether oxygens (including phenoxy) is 1. The fourth-order valence-corrected chi connectivity index (χ4v) is 2.75. The van der Waals surface area contributed by atoms with Crippen LogP contribution in [0.2, 0.25) is 39.3 Å². The molecule has 20 heavy (non-hydrogen) atoms. The summed E-state index contributed by atoms with van der Waals surface area (Å²) in [6.45, 7) is 13.1. The van der Waals surface area contributed by atoms with Crippen LogP contribution in [0.3, 0.4) is 0 Å². The summed E-state index contributed by atoms with van der Waals surface area (Å²) in [7, 11) is -4.84. The molecule has 0 bridgehead atoms. The normalized spacial score (nSPS) is 14.0. The highest BCUT2D eigenvalue weighted by molar-refractivity contribution is 6.76. The average molecular weight is 318 g/mol. The fraction of sp³-hybridized carbons (Fsp3) is 0.818. The van der Waals surface area contributed by atoms with Gasteiger partial charge in [0.15, 0.2) is 0 Å². The predicted octanol–water partition coefficient (Wildman–Crippen LogP) is 3.34. The van der Waals surface area contributed by atoms with Gasteiger partial charge in [-0.3, -0.25) is 4.68 Å². The van der Waals surface area contributed by atoms with Crippen LogP contribution in [-0.4, -0.2) is 44.3 Å². The third kappa shape index (κ3) is 10.6. The quantitative estimate of drug-likeness (QED) is 0.361. The van der Waals surface area contributed by atoms with Crippen LogP contribution in [0.4, 0.5) is 0 Å². The third-order valence-corrected chi connectivity index (χ3v) is 4.23. The molecule has 1 aromatic rings. The van der Waals surface area contributed by atoms with Crippen molar-refractivity contribution in [2.24, 2.45) is 5.11 Å². The Hall–Kier alpha value is -1.32. The van der Waals surface area contributed by atoms with E-state index in [0.29, 0.717) is 6.17 Å². The summed E-state index contributed by atoms with van der Waals surface area (Å²) in [5.74, 6) is 0.0493. The van der Waals surface area contributed by atoms with Crippen molar-refractivity contribution in [1.29, 1.82) is 0 Å². The van der Waals surface area contributed by atoms with Crippen molar-refractivity contribution < 1.29 is 8.85 Å². The van der Waals surface area contributed by atoms with Gasteiger partial charge < -0.3 is 4.74 Å². The Balaban J connectivity index is 0.000000515. The lowest BCUT2D eigenvalue weighted by molar-refractivity contribution is 0.397. The second kappa shape index (κ2) is 8.08. The fourth-order valence-electron chi connectivity index (χ4n) is 1.13. The number of methoxy groups -OCH3 is 1. The zero-order chi connectivity index (χ0) is 18.3. The summed E-state index contributed by atoms with van der Waals surface area (Å²) in [6, 6.07) is 0. The van der Waals surface area contributed by atoms with Crippen LogP contribution < -0.4 is 4.74 Å². The van der Waals surface area contributed by atoms with E-state index in [1.165, 1.54) is 6.20 Å². The number of hydrogen-bond donors (Lipinski definition) is 0. The molecule has 1 heterocycles. The van der Waals surface area contributed by atoms with Crippen LogP contribution in [0.5, 0.6) is 5.88 Å². The lowest BCUT2D eigenvalue weighted by Crippen LogP contribution is -2.28. The van der Waals surface area contributed by atoms with Crippen molar-refractivity contribution in [3.63, 3.8) is 0 Å². The van der Waals surface area contributed by atoms with E-state index in [-0.39, 0.29) is 5.88 Å². The molecule has 0 N–H and O–H groups in total. The maximum Gasteiger partial charge on any atom is 0.253 e. The third-order valence-electron chi connectivity index (χ3n) is 1.87. The Morgan fingerprint density at radius 1 is 1.35 bits per heavy atom. The van der Waals surface area contributed by atoms with Crippen LogP contribution in [0.15, 0.2) is 11.3 Å². The zero-order valence-electron chi connectivity index (χ0n) is 16.1. The number of aromatic nitrogens is 3. The number of nitrogens with zero attached hydrogens (tertiary/aromatic N) is 6. The molecule has 0 spiro atoms. The van der Waals surface area contributed by atoms with Crippen molar-refractivity contribution in [3.8, 4) is 5.88 Å². The van der Waals surface area contributed by atoms with E-state index < -0.39 is 23.2 Å². The van der Waals surface area contributed by atoms with E-state index in [0.717, 1.165) is 6.17 Å². The molecule has 0 aliphatic carbocycles. The Morgan fingerprint density at radius 2 is 2.00 bits per heavy atom. The van der Waals surface area contributed by atoms with Crippen molar-refractivity contribution in [1.82, 2.24) is 15.0 Å². The molecule has 1 aromatic heterocycles. The topological polar surface area (TPSA) is 88.7 Å². The average Bonchev–Trinajstić information content (AvgIpc) is 2.68. The van der Waals surface area contributed by atoms with E-state index in [9.17, 15) is 0 Å². The van der Waals surface area contributed by atoms with E-state index in [4.69, 9.17) is 9.64 Å². The Kier molecular flexibility index (Phi) is 5.52. The molecule has 0 saturated carbocycles. The van der Waals surface area contributed by atoms with Gasteiger partial charge in [0.05, 0.1) is 33.5 Å². The van der Waals surface area contributed by atoms with E-state index in [1.54, 1.807) is 4.68 Å². The number of hydrogen-bond acceptors (Lipinski definition) is 4. The van der Waals surface area contributed by atoms with E-state index in [1.807, 2.05) is 0 Å². The van der Waals surface area contributed by atoms with Gasteiger partial charge in [0.1, 0.15) is 0 Å². The van der Waals surface area contributed by atoms with Gasteiger partial charge in [-0.15, -0.1) is 0 Å². The van der Waals surface area contributed by atoms with Crippen LogP contribution >= 0.6 is 0 Å². The summed E-state index contributed by atoms with van der Waals surface area (Å²) in [5, 5.41) is 10.9. The van der Waals surface area contributed by atoms with Gasteiger partial charge in [-0.1, -0.05) is 54.7 Å². The highest BCUT2D eigenvalue weighted by Gasteiger charge is 2.15. The van der Waals surface area contributed by atoms with Crippen molar-refractivity contribution in [3.05, 3.63) is 16.6 Å². The molecule has 0 aromatic carbocycles. The van der Waals surface area contributed by atoms with Crippen LogP contribution in [0, 0.1) is 0 Å². The monoisotopic (exact) mass is 317 g/mol. The van der Waals surface area contributed by atoms with E-state index in [2.05, 4.69) is 64.4 Å². The second-order valence-corrected chi connectivity index (χ2v) is 17.7. The molecule has 0 atom stereocenters. The Bertz CT molecular complexity index is 499. The van der Waals surface area contributed by atoms with Gasteiger partial charge in [-0.2, -0.15) is 0 Å².